The summed E-state index contributed by atoms with van der Waals surface area (Å²) in [4.78, 5) is 11.7. The van der Waals surface area contributed by atoms with E-state index in [4.69, 9.17) is 12.2 Å². The Morgan fingerprint density at radius 2 is 2.20 bits per heavy atom. The van der Waals surface area contributed by atoms with Gasteiger partial charge >= 0.3 is 0 Å². The average Bonchev–Trinajstić information content (AvgIpc) is 2.11. The number of nitrogens with one attached hydrogen (secondary N) is 2. The van der Waals surface area contributed by atoms with Gasteiger partial charge in [0.05, 0.1) is 0 Å². The molecule has 0 spiro atoms. The first-order chi connectivity index (χ1) is 7.09. The van der Waals surface area contributed by atoms with Gasteiger partial charge in [0.25, 0.3) is 5.91 Å². The highest BCUT2D eigenvalue weighted by Crippen LogP contribution is 2.28. The van der Waals surface area contributed by atoms with E-state index in [1.54, 1.807) is 11.9 Å². The number of amides is 1. The van der Waals surface area contributed by atoms with Crippen LogP contribution in [-0.2, 0) is 4.79 Å². The highest BCUT2D eigenvalue weighted by atomic mass is 32.2. The second kappa shape index (κ2) is 6.33. The van der Waals surface area contributed by atoms with Crippen LogP contribution in [0.4, 0.5) is 0 Å². The molecule has 1 aliphatic carbocycles. The molecule has 1 amide bonds. The fraction of sp³-hybridized carbons (Fsp3) is 0.800. The van der Waals surface area contributed by atoms with Crippen LogP contribution in [-0.4, -0.2) is 22.7 Å². The summed E-state index contributed by atoms with van der Waals surface area (Å²) >= 11 is 6.56. The maximum Gasteiger partial charge on any atom is 0.279 e. The average molecular weight is 246 g/mol. The number of carbonyl (C=O) groups is 1. The predicted octanol–water partition coefficient (Wildman–Crippen LogP) is 1.88. The Morgan fingerprint density at radius 1 is 1.53 bits per heavy atom. The minimum absolute atomic E-state index is 0.162. The zero-order chi connectivity index (χ0) is 11.3. The van der Waals surface area contributed by atoms with Gasteiger partial charge in [0.2, 0.25) is 0 Å². The van der Waals surface area contributed by atoms with Gasteiger partial charge in [-0.15, -0.1) is 0 Å². The van der Waals surface area contributed by atoms with Gasteiger partial charge in [-0.2, -0.15) is 0 Å². The fourth-order valence-corrected chi connectivity index (χ4v) is 2.20. The summed E-state index contributed by atoms with van der Waals surface area (Å²) in [5.41, 5.74) is 0. The van der Waals surface area contributed by atoms with E-state index in [0.29, 0.717) is 22.7 Å². The van der Waals surface area contributed by atoms with E-state index in [1.807, 2.05) is 0 Å². The van der Waals surface area contributed by atoms with Gasteiger partial charge in [-0.3, -0.25) is 4.79 Å². The van der Waals surface area contributed by atoms with E-state index in [9.17, 15) is 4.79 Å². The van der Waals surface area contributed by atoms with Crippen molar-refractivity contribution in [1.29, 1.82) is 0 Å². The lowest BCUT2D eigenvalue weighted by Gasteiger charge is -2.24. The van der Waals surface area contributed by atoms with Crippen molar-refractivity contribution < 1.29 is 4.79 Å². The van der Waals surface area contributed by atoms with Crippen molar-refractivity contribution in [2.24, 2.45) is 5.92 Å². The Labute approximate surface area is 101 Å². The van der Waals surface area contributed by atoms with Crippen LogP contribution < -0.4 is 10.0 Å². The van der Waals surface area contributed by atoms with Gasteiger partial charge in [-0.05, 0) is 30.7 Å². The number of thiocarbonyl (C=S) groups is 1. The zero-order valence-electron chi connectivity index (χ0n) is 9.21. The van der Waals surface area contributed by atoms with E-state index in [0.717, 1.165) is 0 Å². The van der Waals surface area contributed by atoms with Crippen LogP contribution in [0.3, 0.4) is 0 Å². The molecule has 0 unspecified atom stereocenters. The van der Waals surface area contributed by atoms with Gasteiger partial charge < -0.3 is 10.0 Å². The Bertz CT molecular complexity index is 240. The predicted molar refractivity (Wildman–Crippen MR) is 68.8 cm³/mol. The van der Waals surface area contributed by atoms with E-state index in [1.165, 1.54) is 19.3 Å². The van der Waals surface area contributed by atoms with Crippen LogP contribution in [0.5, 0.6) is 0 Å². The molecule has 1 fully saturated rings. The quantitative estimate of drug-likeness (QED) is 0.587. The second-order valence-electron chi connectivity index (χ2n) is 4.21. The minimum atomic E-state index is -0.162. The third-order valence-corrected chi connectivity index (χ3v) is 3.79. The maximum absolute atomic E-state index is 11.4. The molecule has 1 rings (SSSR count). The van der Waals surface area contributed by atoms with Crippen LogP contribution in [0.2, 0.25) is 0 Å². The highest BCUT2D eigenvalue weighted by molar-refractivity contribution is 7.99. The molecule has 0 aromatic heterocycles. The molecule has 3 nitrogen and oxygen atoms in total. The van der Waals surface area contributed by atoms with E-state index >= 15 is 0 Å². The summed E-state index contributed by atoms with van der Waals surface area (Å²) in [5.74, 6) is 0.293. The van der Waals surface area contributed by atoms with Crippen LogP contribution in [0, 0.1) is 5.92 Å². The molecule has 5 heteroatoms. The first kappa shape index (κ1) is 12.8. The minimum Gasteiger partial charge on any atom is -0.350 e. The van der Waals surface area contributed by atoms with Gasteiger partial charge in [0.1, 0.15) is 0 Å². The summed E-state index contributed by atoms with van der Waals surface area (Å²) in [7, 11) is 0. The van der Waals surface area contributed by atoms with Crippen LogP contribution in [0.1, 0.15) is 33.1 Å². The SMILES string of the molecule is CC(C)CNC(=O)C(=S)NSC1CCC1. The fourth-order valence-electron chi connectivity index (χ4n) is 1.05. The lowest BCUT2D eigenvalue weighted by atomic mass is 10.0. The Morgan fingerprint density at radius 3 is 2.67 bits per heavy atom. The Kier molecular flexibility index (Phi) is 5.39. The molecule has 0 heterocycles. The summed E-state index contributed by atoms with van der Waals surface area (Å²) in [6.45, 7) is 4.79. The molecule has 1 saturated carbocycles. The normalized spacial score (nSPS) is 15.9. The van der Waals surface area contributed by atoms with Crippen molar-refractivity contribution in [3.8, 4) is 0 Å². The van der Waals surface area contributed by atoms with Crippen molar-refractivity contribution in [1.82, 2.24) is 10.0 Å². The first-order valence-electron chi connectivity index (χ1n) is 5.33. The molecular weight excluding hydrogens is 228 g/mol. The summed E-state index contributed by atoms with van der Waals surface area (Å²) < 4.78 is 2.94. The van der Waals surface area contributed by atoms with Crippen LogP contribution in [0.15, 0.2) is 0 Å². The number of carbonyl (C=O) groups excluding carboxylic acids is 1. The molecule has 0 bridgehead atoms. The van der Waals surface area contributed by atoms with Gasteiger partial charge in [0, 0.05) is 11.8 Å². The monoisotopic (exact) mass is 246 g/mol. The topological polar surface area (TPSA) is 41.1 Å². The summed E-state index contributed by atoms with van der Waals surface area (Å²) in [5, 5.41) is 3.43. The molecule has 0 radical (unpaired) electrons. The first-order valence-corrected chi connectivity index (χ1v) is 6.62. The zero-order valence-corrected chi connectivity index (χ0v) is 10.8. The molecule has 0 saturated heterocycles. The molecule has 0 aliphatic heterocycles. The molecule has 0 aromatic carbocycles. The maximum atomic E-state index is 11.4. The third kappa shape index (κ3) is 4.84. The largest absolute Gasteiger partial charge is 0.350 e. The van der Waals surface area contributed by atoms with E-state index in [-0.39, 0.29) is 5.91 Å². The molecule has 0 atom stereocenters. The van der Waals surface area contributed by atoms with Gasteiger partial charge in [0.15, 0.2) is 4.99 Å². The lowest BCUT2D eigenvalue weighted by Crippen LogP contribution is -2.38. The van der Waals surface area contributed by atoms with Crippen LogP contribution >= 0.6 is 24.2 Å². The molecule has 2 N–H and O–H groups in total. The number of hydrogen-bond acceptors (Lipinski definition) is 3. The van der Waals surface area contributed by atoms with Gasteiger partial charge in [-0.25, -0.2) is 0 Å². The molecule has 0 aromatic rings. The smallest absolute Gasteiger partial charge is 0.279 e. The van der Waals surface area contributed by atoms with Crippen molar-refractivity contribution in [2.45, 2.75) is 38.4 Å². The number of hydrogen-bond donors (Lipinski definition) is 2. The number of rotatable bonds is 4. The third-order valence-electron chi connectivity index (χ3n) is 2.25. The Hall–Kier alpha value is -0.290. The molecule has 86 valence electrons. The van der Waals surface area contributed by atoms with Crippen molar-refractivity contribution in [2.75, 3.05) is 6.54 Å². The van der Waals surface area contributed by atoms with Crippen molar-refractivity contribution in [3.63, 3.8) is 0 Å². The summed E-state index contributed by atoms with van der Waals surface area (Å²) in [6, 6.07) is 0. The molecular formula is C10H18N2OS2. The molecule has 15 heavy (non-hydrogen) atoms. The van der Waals surface area contributed by atoms with E-state index < -0.39 is 0 Å². The van der Waals surface area contributed by atoms with Gasteiger partial charge in [-0.1, -0.05) is 32.5 Å². The summed E-state index contributed by atoms with van der Waals surface area (Å²) in [6.07, 6.45) is 3.76. The lowest BCUT2D eigenvalue weighted by molar-refractivity contribution is -0.114. The van der Waals surface area contributed by atoms with E-state index in [2.05, 4.69) is 23.9 Å². The standard InChI is InChI=1S/C10H18N2OS2/c1-7(2)6-11-9(13)10(14)12-15-8-4-3-5-8/h7-8H,3-6H2,1-2H3,(H,11,13)(H,12,14). The second-order valence-corrected chi connectivity index (χ2v) is 5.72. The Balaban J connectivity index is 2.11. The van der Waals surface area contributed by atoms with Crippen LogP contribution in [0.25, 0.3) is 0 Å². The van der Waals surface area contributed by atoms with Crippen molar-refractivity contribution in [3.05, 3.63) is 0 Å². The molecule has 1 aliphatic rings. The highest BCUT2D eigenvalue weighted by Gasteiger charge is 2.19. The van der Waals surface area contributed by atoms with Crippen molar-refractivity contribution >= 4 is 35.1 Å².